The van der Waals surface area contributed by atoms with Gasteiger partial charge in [-0.3, -0.25) is 4.79 Å². The Labute approximate surface area is 175 Å². The van der Waals surface area contributed by atoms with Gasteiger partial charge in [-0.1, -0.05) is 6.07 Å². The van der Waals surface area contributed by atoms with Crippen LogP contribution in [0.1, 0.15) is 53.1 Å². The number of thiophene rings is 1. The number of fused-ring (bicyclic) bond motifs is 1. The molecule has 1 aliphatic carbocycles. The van der Waals surface area contributed by atoms with Crippen LogP contribution in [-0.4, -0.2) is 32.2 Å². The number of hydrogen-bond acceptors (Lipinski definition) is 6. The molecule has 1 N–H and O–H groups in total. The van der Waals surface area contributed by atoms with Gasteiger partial charge in [0.05, 0.1) is 32.3 Å². The Bertz CT molecular complexity index is 903. The third kappa shape index (κ3) is 4.90. The van der Waals surface area contributed by atoms with Gasteiger partial charge in [-0.2, -0.15) is 0 Å². The summed E-state index contributed by atoms with van der Waals surface area (Å²) in [6.07, 6.45) is 3.89. The topological polar surface area (TPSA) is 73.9 Å². The smallest absolute Gasteiger partial charge is 0.341 e. The van der Waals surface area contributed by atoms with Crippen molar-refractivity contribution in [2.24, 2.45) is 0 Å². The summed E-state index contributed by atoms with van der Waals surface area (Å²) < 4.78 is 16.0. The molecule has 3 rings (SSSR count). The van der Waals surface area contributed by atoms with E-state index in [9.17, 15) is 9.59 Å². The third-order valence-corrected chi connectivity index (χ3v) is 5.99. The van der Waals surface area contributed by atoms with Crippen LogP contribution in [0.15, 0.2) is 18.2 Å². The summed E-state index contributed by atoms with van der Waals surface area (Å²) >= 11 is 1.49. The Morgan fingerprint density at radius 2 is 1.83 bits per heavy atom. The first-order chi connectivity index (χ1) is 13.9. The van der Waals surface area contributed by atoms with Crippen molar-refractivity contribution in [1.82, 2.24) is 0 Å². The van der Waals surface area contributed by atoms with Crippen LogP contribution in [0.3, 0.4) is 0 Å². The van der Waals surface area contributed by atoms with E-state index in [1.807, 2.05) is 19.9 Å². The van der Waals surface area contributed by atoms with Crippen molar-refractivity contribution in [3.8, 4) is 11.5 Å². The number of aryl methyl sites for hydroxylation is 1. The van der Waals surface area contributed by atoms with Crippen molar-refractivity contribution in [1.29, 1.82) is 0 Å². The number of methoxy groups -OCH3 is 2. The fraction of sp³-hybridized carbons (Fsp3) is 0.455. The number of carbonyl (C=O) groups excluding carboxylic acids is 2. The predicted octanol–water partition coefficient (Wildman–Crippen LogP) is 4.39. The maximum absolute atomic E-state index is 12.7. The van der Waals surface area contributed by atoms with E-state index >= 15 is 0 Å². The minimum Gasteiger partial charge on any atom is -0.493 e. The van der Waals surface area contributed by atoms with E-state index in [0.717, 1.165) is 36.8 Å². The number of amides is 1. The molecule has 0 saturated heterocycles. The summed E-state index contributed by atoms with van der Waals surface area (Å²) in [6.45, 7) is 3.65. The summed E-state index contributed by atoms with van der Waals surface area (Å²) in [5.74, 6) is 0.641. The van der Waals surface area contributed by atoms with Crippen LogP contribution in [0.25, 0.3) is 0 Å². The number of anilines is 1. The van der Waals surface area contributed by atoms with Crippen LogP contribution in [0, 0.1) is 0 Å². The zero-order chi connectivity index (χ0) is 21.0. The van der Waals surface area contributed by atoms with Crippen LogP contribution >= 0.6 is 11.3 Å². The van der Waals surface area contributed by atoms with Crippen molar-refractivity contribution >= 4 is 28.2 Å². The van der Waals surface area contributed by atoms with Crippen LogP contribution in [0.5, 0.6) is 11.5 Å². The number of hydrogen-bond donors (Lipinski definition) is 1. The SMILES string of the molecule is COc1ccc(CC(=O)Nc2sc3c(c2C(=O)OC(C)C)CCCC3)cc1OC. The number of esters is 1. The highest BCUT2D eigenvalue weighted by Gasteiger charge is 2.27. The molecule has 1 aromatic heterocycles. The quantitative estimate of drug-likeness (QED) is 0.677. The molecule has 0 spiro atoms. The number of rotatable bonds is 7. The monoisotopic (exact) mass is 417 g/mol. The van der Waals surface area contributed by atoms with Gasteiger partial charge in [-0.15, -0.1) is 11.3 Å². The lowest BCUT2D eigenvalue weighted by Gasteiger charge is -2.14. The molecule has 1 aromatic carbocycles. The molecule has 0 bridgehead atoms. The van der Waals surface area contributed by atoms with Crippen LogP contribution in [0.4, 0.5) is 5.00 Å². The summed E-state index contributed by atoms with van der Waals surface area (Å²) in [4.78, 5) is 26.6. The lowest BCUT2D eigenvalue weighted by atomic mass is 9.95. The molecule has 1 aliphatic rings. The van der Waals surface area contributed by atoms with Crippen LogP contribution in [0.2, 0.25) is 0 Å². The first-order valence-corrected chi connectivity index (χ1v) is 10.6. The molecular formula is C22H27NO5S. The zero-order valence-corrected chi connectivity index (χ0v) is 18.1. The second-order valence-electron chi connectivity index (χ2n) is 7.28. The molecule has 0 atom stereocenters. The average Bonchev–Trinajstić information content (AvgIpc) is 3.04. The standard InChI is InChI=1S/C22H27NO5S/c1-13(2)28-22(25)20-15-7-5-6-8-18(15)29-21(20)23-19(24)12-14-9-10-16(26-3)17(11-14)27-4/h9-11,13H,5-8,12H2,1-4H3,(H,23,24). The molecule has 6 nitrogen and oxygen atoms in total. The van der Waals surface area contributed by atoms with E-state index in [2.05, 4.69) is 5.32 Å². The van der Waals surface area contributed by atoms with Gasteiger partial charge in [0.2, 0.25) is 5.91 Å². The Kier molecular flexibility index (Phi) is 6.79. The van der Waals surface area contributed by atoms with Gasteiger partial charge in [0.1, 0.15) is 5.00 Å². The molecule has 156 valence electrons. The van der Waals surface area contributed by atoms with Crippen molar-refractivity contribution in [2.75, 3.05) is 19.5 Å². The molecule has 7 heteroatoms. The predicted molar refractivity (Wildman–Crippen MR) is 113 cm³/mol. The minimum atomic E-state index is -0.360. The van der Waals surface area contributed by atoms with Gasteiger partial charge in [-0.05, 0) is 62.8 Å². The largest absolute Gasteiger partial charge is 0.493 e. The molecule has 1 amide bonds. The lowest BCUT2D eigenvalue weighted by molar-refractivity contribution is -0.115. The van der Waals surface area contributed by atoms with Gasteiger partial charge in [-0.25, -0.2) is 4.79 Å². The Morgan fingerprint density at radius 3 is 2.52 bits per heavy atom. The number of ether oxygens (including phenoxy) is 3. The van der Waals surface area contributed by atoms with Crippen molar-refractivity contribution < 1.29 is 23.8 Å². The first-order valence-electron chi connectivity index (χ1n) is 9.79. The number of benzene rings is 1. The van der Waals surface area contributed by atoms with E-state index in [-0.39, 0.29) is 24.4 Å². The van der Waals surface area contributed by atoms with E-state index in [0.29, 0.717) is 22.1 Å². The van der Waals surface area contributed by atoms with Crippen molar-refractivity contribution in [3.05, 3.63) is 39.8 Å². The van der Waals surface area contributed by atoms with Gasteiger partial charge in [0, 0.05) is 4.88 Å². The molecule has 0 aliphatic heterocycles. The fourth-order valence-corrected chi connectivity index (χ4v) is 4.78. The maximum atomic E-state index is 12.7. The van der Waals surface area contributed by atoms with Crippen LogP contribution < -0.4 is 14.8 Å². The molecule has 0 fully saturated rings. The fourth-order valence-electron chi connectivity index (χ4n) is 3.49. The molecular weight excluding hydrogens is 390 g/mol. The van der Waals surface area contributed by atoms with Gasteiger partial charge < -0.3 is 19.5 Å². The zero-order valence-electron chi connectivity index (χ0n) is 17.3. The average molecular weight is 418 g/mol. The highest BCUT2D eigenvalue weighted by Crippen LogP contribution is 2.39. The van der Waals surface area contributed by atoms with E-state index in [4.69, 9.17) is 14.2 Å². The van der Waals surface area contributed by atoms with Gasteiger partial charge in [0.15, 0.2) is 11.5 Å². The highest BCUT2D eigenvalue weighted by molar-refractivity contribution is 7.17. The van der Waals surface area contributed by atoms with E-state index in [1.165, 1.54) is 16.2 Å². The third-order valence-electron chi connectivity index (χ3n) is 4.78. The maximum Gasteiger partial charge on any atom is 0.341 e. The molecule has 29 heavy (non-hydrogen) atoms. The molecule has 0 radical (unpaired) electrons. The molecule has 0 unspecified atom stereocenters. The summed E-state index contributed by atoms with van der Waals surface area (Å²) in [7, 11) is 3.13. The Hall–Kier alpha value is -2.54. The lowest BCUT2D eigenvalue weighted by Crippen LogP contribution is -2.18. The van der Waals surface area contributed by atoms with Crippen molar-refractivity contribution in [3.63, 3.8) is 0 Å². The van der Waals surface area contributed by atoms with Crippen LogP contribution in [-0.2, 0) is 28.8 Å². The highest BCUT2D eigenvalue weighted by atomic mass is 32.1. The molecule has 2 aromatic rings. The molecule has 0 saturated carbocycles. The second kappa shape index (κ2) is 9.31. The summed E-state index contributed by atoms with van der Waals surface area (Å²) in [6, 6.07) is 5.39. The summed E-state index contributed by atoms with van der Waals surface area (Å²) in [5, 5.41) is 3.53. The Balaban J connectivity index is 1.81. The normalized spacial score (nSPS) is 13.0. The van der Waals surface area contributed by atoms with Gasteiger partial charge in [0.25, 0.3) is 0 Å². The Morgan fingerprint density at radius 1 is 1.10 bits per heavy atom. The van der Waals surface area contributed by atoms with Crippen molar-refractivity contribution in [2.45, 2.75) is 52.1 Å². The molecule has 1 heterocycles. The second-order valence-corrected chi connectivity index (χ2v) is 8.39. The number of nitrogens with one attached hydrogen (secondary N) is 1. The number of carbonyl (C=O) groups is 2. The first kappa shape index (κ1) is 21.2. The van der Waals surface area contributed by atoms with Gasteiger partial charge >= 0.3 is 5.97 Å². The van der Waals surface area contributed by atoms with E-state index in [1.54, 1.807) is 26.4 Å². The summed E-state index contributed by atoms with van der Waals surface area (Å²) in [5.41, 5.74) is 2.36. The van der Waals surface area contributed by atoms with E-state index < -0.39 is 0 Å². The minimum absolute atomic E-state index is 0.168.